The second-order valence-corrected chi connectivity index (χ2v) is 4.18. The average Bonchev–Trinajstić information content (AvgIpc) is 2.23. The Bertz CT molecular complexity index is 455. The molecule has 0 aliphatic carbocycles. The van der Waals surface area contributed by atoms with E-state index in [1.54, 1.807) is 0 Å². The number of rotatable bonds is 0. The highest BCUT2D eigenvalue weighted by Crippen LogP contribution is 2.35. The molecule has 2 rings (SSSR count). The van der Waals surface area contributed by atoms with Crippen molar-refractivity contribution in [3.8, 4) is 0 Å². The molecule has 0 aliphatic heterocycles. The topological polar surface area (TPSA) is 0 Å². The molecule has 0 bridgehead atoms. The third-order valence-electron chi connectivity index (χ3n) is 2.56. The number of benzene rings is 2. The Kier molecular flexibility index (Phi) is 2.42. The fourth-order valence-electron chi connectivity index (χ4n) is 1.70. The first-order valence-electron chi connectivity index (χ1n) is 4.46. The Morgan fingerprint density at radius 2 is 1.36 bits per heavy atom. The molecule has 2 aromatic rings. The van der Waals surface area contributed by atoms with Gasteiger partial charge in [-0.05, 0) is 30.4 Å². The van der Waals surface area contributed by atoms with Crippen LogP contribution >= 0.6 is 23.2 Å². The molecule has 0 unspecified atom stereocenters. The predicted molar refractivity (Wildman–Crippen MR) is 63.4 cm³/mol. The Labute approximate surface area is 93.4 Å². The third-order valence-corrected chi connectivity index (χ3v) is 3.61. The van der Waals surface area contributed by atoms with Crippen LogP contribution in [-0.4, -0.2) is 0 Å². The minimum Gasteiger partial charge on any atom is -0.0837 e. The van der Waals surface area contributed by atoms with Crippen LogP contribution in [0.15, 0.2) is 24.3 Å². The monoisotopic (exact) mass is 224 g/mol. The molecule has 0 saturated heterocycles. The first-order chi connectivity index (χ1) is 6.63. The number of fused-ring (bicyclic) bond motifs is 1. The van der Waals surface area contributed by atoms with Crippen LogP contribution in [-0.2, 0) is 0 Å². The van der Waals surface area contributed by atoms with Gasteiger partial charge >= 0.3 is 0 Å². The molecule has 0 aromatic heterocycles. The van der Waals surface area contributed by atoms with Crippen molar-refractivity contribution in [1.82, 2.24) is 0 Å². The van der Waals surface area contributed by atoms with Gasteiger partial charge in [0.2, 0.25) is 0 Å². The number of hydrogen-bond donors (Lipinski definition) is 0. The van der Waals surface area contributed by atoms with Crippen molar-refractivity contribution < 1.29 is 0 Å². The van der Waals surface area contributed by atoms with E-state index < -0.39 is 0 Å². The molecule has 0 radical (unpaired) electrons. The van der Waals surface area contributed by atoms with Gasteiger partial charge in [0.15, 0.2) is 0 Å². The van der Waals surface area contributed by atoms with Crippen LogP contribution in [0, 0.1) is 13.8 Å². The van der Waals surface area contributed by atoms with E-state index in [1.807, 2.05) is 38.1 Å². The van der Waals surface area contributed by atoms with E-state index in [-0.39, 0.29) is 0 Å². The van der Waals surface area contributed by atoms with E-state index in [0.29, 0.717) is 0 Å². The fourth-order valence-corrected chi connectivity index (χ4v) is 2.20. The summed E-state index contributed by atoms with van der Waals surface area (Å²) < 4.78 is 0. The molecular formula is C12H10Cl2. The summed E-state index contributed by atoms with van der Waals surface area (Å²) in [5, 5.41) is 3.74. The number of halogens is 2. The van der Waals surface area contributed by atoms with E-state index in [4.69, 9.17) is 23.2 Å². The van der Waals surface area contributed by atoms with E-state index >= 15 is 0 Å². The molecule has 0 amide bonds. The van der Waals surface area contributed by atoms with Crippen molar-refractivity contribution in [2.45, 2.75) is 13.8 Å². The minimum atomic E-state index is 0.760. The lowest BCUT2D eigenvalue weighted by molar-refractivity contribution is 1.43. The summed E-state index contributed by atoms with van der Waals surface area (Å²) in [7, 11) is 0. The predicted octanol–water partition coefficient (Wildman–Crippen LogP) is 4.76. The lowest BCUT2D eigenvalue weighted by Gasteiger charge is -2.10. The van der Waals surface area contributed by atoms with Gasteiger partial charge in [-0.2, -0.15) is 0 Å². The molecule has 2 heteroatoms. The molecule has 0 saturated carbocycles. The van der Waals surface area contributed by atoms with Crippen LogP contribution < -0.4 is 0 Å². The summed E-state index contributed by atoms with van der Waals surface area (Å²) >= 11 is 12.4. The number of hydrogen-bond acceptors (Lipinski definition) is 0. The maximum Gasteiger partial charge on any atom is 0.0528 e. The van der Waals surface area contributed by atoms with Crippen LogP contribution in [0.4, 0.5) is 0 Å². The van der Waals surface area contributed by atoms with Crippen LogP contribution in [0.5, 0.6) is 0 Å². The van der Waals surface area contributed by atoms with Gasteiger partial charge < -0.3 is 0 Å². The highest BCUT2D eigenvalue weighted by molar-refractivity contribution is 6.40. The molecule has 14 heavy (non-hydrogen) atoms. The van der Waals surface area contributed by atoms with Gasteiger partial charge in [0.25, 0.3) is 0 Å². The van der Waals surface area contributed by atoms with E-state index in [1.165, 1.54) is 0 Å². The molecule has 0 aliphatic rings. The lowest BCUT2D eigenvalue weighted by atomic mass is 10.0. The molecular weight excluding hydrogens is 215 g/mol. The summed E-state index contributed by atoms with van der Waals surface area (Å²) in [6.45, 7) is 3.97. The second kappa shape index (κ2) is 3.45. The van der Waals surface area contributed by atoms with Crippen molar-refractivity contribution in [2.75, 3.05) is 0 Å². The maximum absolute atomic E-state index is 6.22. The third kappa shape index (κ3) is 1.30. The summed E-state index contributed by atoms with van der Waals surface area (Å²) in [6, 6.07) is 8.05. The lowest BCUT2D eigenvalue weighted by Crippen LogP contribution is -1.86. The van der Waals surface area contributed by atoms with Gasteiger partial charge in [0.1, 0.15) is 0 Å². The smallest absolute Gasteiger partial charge is 0.0528 e. The normalized spacial score (nSPS) is 10.9. The number of aryl methyl sites for hydroxylation is 1. The van der Waals surface area contributed by atoms with E-state index in [9.17, 15) is 0 Å². The van der Waals surface area contributed by atoms with Crippen molar-refractivity contribution in [1.29, 1.82) is 0 Å². The Morgan fingerprint density at radius 1 is 0.786 bits per heavy atom. The van der Waals surface area contributed by atoms with Gasteiger partial charge in [-0.15, -0.1) is 0 Å². The molecule has 0 spiro atoms. The zero-order chi connectivity index (χ0) is 10.3. The van der Waals surface area contributed by atoms with Crippen molar-refractivity contribution in [3.63, 3.8) is 0 Å². The Morgan fingerprint density at radius 3 is 2.00 bits per heavy atom. The minimum absolute atomic E-state index is 0.760. The summed E-state index contributed by atoms with van der Waals surface area (Å²) in [4.78, 5) is 0. The largest absolute Gasteiger partial charge is 0.0837 e. The molecule has 0 fully saturated rings. The van der Waals surface area contributed by atoms with Crippen molar-refractivity contribution in [3.05, 3.63) is 45.4 Å². The summed E-state index contributed by atoms with van der Waals surface area (Å²) in [5.41, 5.74) is 2.06. The highest BCUT2D eigenvalue weighted by Gasteiger charge is 2.10. The molecule has 0 atom stereocenters. The quantitative estimate of drug-likeness (QED) is 0.606. The molecule has 0 N–H and O–H groups in total. The molecule has 0 heterocycles. The zero-order valence-corrected chi connectivity index (χ0v) is 9.58. The van der Waals surface area contributed by atoms with Crippen LogP contribution in [0.1, 0.15) is 11.1 Å². The molecule has 2 aromatic carbocycles. The maximum atomic E-state index is 6.22. The Hall–Kier alpha value is -0.720. The first kappa shape index (κ1) is 9.82. The standard InChI is InChI=1S/C12H10Cl2/c1-7-9-5-3-4-6-10(9)12(14)8(2)11(7)13/h3-6H,1-2H3. The van der Waals surface area contributed by atoms with Gasteiger partial charge in [-0.25, -0.2) is 0 Å². The van der Waals surface area contributed by atoms with E-state index in [2.05, 4.69) is 0 Å². The zero-order valence-electron chi connectivity index (χ0n) is 8.07. The van der Waals surface area contributed by atoms with Crippen LogP contribution in [0.25, 0.3) is 10.8 Å². The fraction of sp³-hybridized carbons (Fsp3) is 0.167. The molecule has 0 nitrogen and oxygen atoms in total. The SMILES string of the molecule is Cc1c(Cl)c(C)c2ccccc2c1Cl. The van der Waals surface area contributed by atoms with Crippen molar-refractivity contribution >= 4 is 34.0 Å². The Balaban J connectivity index is 3.02. The molecule has 72 valence electrons. The second-order valence-electron chi connectivity index (χ2n) is 3.42. The van der Waals surface area contributed by atoms with Gasteiger partial charge in [-0.3, -0.25) is 0 Å². The summed E-state index contributed by atoms with van der Waals surface area (Å²) in [6.07, 6.45) is 0. The van der Waals surface area contributed by atoms with Gasteiger partial charge in [0.05, 0.1) is 5.02 Å². The van der Waals surface area contributed by atoms with E-state index in [0.717, 1.165) is 31.9 Å². The van der Waals surface area contributed by atoms with Gasteiger partial charge in [0, 0.05) is 10.4 Å². The van der Waals surface area contributed by atoms with Crippen LogP contribution in [0.3, 0.4) is 0 Å². The average molecular weight is 225 g/mol. The summed E-state index contributed by atoms with van der Waals surface area (Å²) in [5.74, 6) is 0. The van der Waals surface area contributed by atoms with Crippen molar-refractivity contribution in [2.24, 2.45) is 0 Å². The van der Waals surface area contributed by atoms with Crippen LogP contribution in [0.2, 0.25) is 10.0 Å². The first-order valence-corrected chi connectivity index (χ1v) is 5.21. The van der Waals surface area contributed by atoms with Gasteiger partial charge in [-0.1, -0.05) is 47.5 Å². The highest BCUT2D eigenvalue weighted by atomic mass is 35.5.